The lowest BCUT2D eigenvalue weighted by Crippen LogP contribution is -2.32. The predicted octanol–water partition coefficient (Wildman–Crippen LogP) is 1.88. The highest BCUT2D eigenvalue weighted by Gasteiger charge is 2.42. The van der Waals surface area contributed by atoms with Crippen molar-refractivity contribution < 1.29 is 18.3 Å². The van der Waals surface area contributed by atoms with Crippen molar-refractivity contribution in [3.05, 3.63) is 29.8 Å². The van der Waals surface area contributed by atoms with Gasteiger partial charge in [-0.15, -0.1) is 0 Å². The zero-order valence-corrected chi connectivity index (χ0v) is 10.2. The van der Waals surface area contributed by atoms with Crippen LogP contribution in [0.1, 0.15) is 24.6 Å². The monoisotopic (exact) mass is 268 g/mol. The molecule has 1 saturated heterocycles. The van der Waals surface area contributed by atoms with Crippen LogP contribution in [0.5, 0.6) is 5.75 Å². The molecule has 1 atom stereocenters. The van der Waals surface area contributed by atoms with E-state index in [2.05, 4.69) is 10.1 Å². The molecule has 0 aromatic heterocycles. The van der Waals surface area contributed by atoms with Crippen LogP contribution in [0.3, 0.4) is 0 Å². The number of nitrogens with one attached hydrogen (secondary N) is 1. The average molecular weight is 268 g/mol. The maximum Gasteiger partial charge on any atom is 0.387 e. The van der Waals surface area contributed by atoms with Crippen molar-refractivity contribution >= 4 is 5.91 Å². The lowest BCUT2D eigenvalue weighted by atomic mass is 10.1. The molecule has 3 rings (SSSR count). The number of nitrogens with zero attached hydrogens (tertiary/aromatic N) is 1. The Morgan fingerprint density at radius 2 is 2.05 bits per heavy atom. The first kappa shape index (κ1) is 12.3. The van der Waals surface area contributed by atoms with Gasteiger partial charge in [0, 0.05) is 11.6 Å². The number of hydrogen-bond acceptors (Lipinski definition) is 3. The van der Waals surface area contributed by atoms with E-state index in [1.165, 1.54) is 6.07 Å². The van der Waals surface area contributed by atoms with Crippen LogP contribution in [0.2, 0.25) is 0 Å². The fourth-order valence-electron chi connectivity index (χ4n) is 2.45. The molecule has 6 heteroatoms. The number of hydrogen-bond donors (Lipinski definition) is 1. The summed E-state index contributed by atoms with van der Waals surface area (Å²) in [4.78, 5) is 13.6. The third-order valence-electron chi connectivity index (χ3n) is 3.38. The number of amides is 1. The molecule has 1 heterocycles. The van der Waals surface area contributed by atoms with Gasteiger partial charge in [-0.05, 0) is 18.9 Å². The van der Waals surface area contributed by atoms with Gasteiger partial charge in [-0.3, -0.25) is 10.1 Å². The second kappa shape index (κ2) is 4.77. The molecular weight excluding hydrogens is 254 g/mol. The quantitative estimate of drug-likeness (QED) is 0.906. The van der Waals surface area contributed by atoms with Gasteiger partial charge < -0.3 is 9.64 Å². The molecule has 4 nitrogen and oxygen atoms in total. The third kappa shape index (κ3) is 2.40. The molecule has 1 saturated carbocycles. The van der Waals surface area contributed by atoms with Gasteiger partial charge in [0.1, 0.15) is 11.9 Å². The lowest BCUT2D eigenvalue weighted by Gasteiger charge is -2.26. The number of halogens is 2. The van der Waals surface area contributed by atoms with Crippen LogP contribution in [0, 0.1) is 0 Å². The molecule has 1 unspecified atom stereocenters. The van der Waals surface area contributed by atoms with Crippen molar-refractivity contribution in [3.63, 3.8) is 0 Å². The van der Waals surface area contributed by atoms with Gasteiger partial charge >= 0.3 is 6.61 Å². The molecule has 1 aliphatic carbocycles. The number of para-hydroxylation sites is 1. The number of carbonyl (C=O) groups is 1. The Labute approximate surface area is 109 Å². The fraction of sp³-hybridized carbons (Fsp3) is 0.462. The molecule has 0 bridgehead atoms. The van der Waals surface area contributed by atoms with E-state index in [1.807, 2.05) is 0 Å². The van der Waals surface area contributed by atoms with E-state index in [9.17, 15) is 13.6 Å². The van der Waals surface area contributed by atoms with Crippen LogP contribution in [-0.4, -0.2) is 30.0 Å². The SMILES string of the molecule is O=C1CNC(c2ccccc2OC(F)F)N1C1CC1. The lowest BCUT2D eigenvalue weighted by molar-refractivity contribution is -0.128. The van der Waals surface area contributed by atoms with Crippen LogP contribution in [-0.2, 0) is 4.79 Å². The van der Waals surface area contributed by atoms with E-state index in [0.717, 1.165) is 12.8 Å². The maximum absolute atomic E-state index is 12.4. The van der Waals surface area contributed by atoms with Crippen molar-refractivity contribution in [2.75, 3.05) is 6.54 Å². The molecule has 1 aliphatic heterocycles. The number of carbonyl (C=O) groups excluding carboxylic acids is 1. The third-order valence-corrected chi connectivity index (χ3v) is 3.38. The van der Waals surface area contributed by atoms with Crippen LogP contribution >= 0.6 is 0 Å². The minimum Gasteiger partial charge on any atom is -0.434 e. The molecule has 0 radical (unpaired) electrons. The largest absolute Gasteiger partial charge is 0.434 e. The molecular formula is C13H14F2N2O2. The Balaban J connectivity index is 1.90. The summed E-state index contributed by atoms with van der Waals surface area (Å²) in [7, 11) is 0. The first-order valence-electron chi connectivity index (χ1n) is 6.25. The van der Waals surface area contributed by atoms with E-state index in [-0.39, 0.29) is 30.4 Å². The standard InChI is InChI=1S/C13H14F2N2O2/c14-13(15)19-10-4-2-1-3-9(10)12-16-7-11(18)17(12)8-5-6-8/h1-4,8,12-13,16H,5-7H2. The smallest absolute Gasteiger partial charge is 0.387 e. The first-order valence-corrected chi connectivity index (χ1v) is 6.25. The average Bonchev–Trinajstić information content (AvgIpc) is 3.13. The van der Waals surface area contributed by atoms with E-state index in [4.69, 9.17) is 0 Å². The Morgan fingerprint density at radius 1 is 1.32 bits per heavy atom. The van der Waals surface area contributed by atoms with Crippen molar-refractivity contribution in [1.29, 1.82) is 0 Å². The van der Waals surface area contributed by atoms with Crippen molar-refractivity contribution in [1.82, 2.24) is 10.2 Å². The molecule has 2 fully saturated rings. The molecule has 1 amide bonds. The van der Waals surface area contributed by atoms with Crippen LogP contribution in [0.15, 0.2) is 24.3 Å². The summed E-state index contributed by atoms with van der Waals surface area (Å²) in [5, 5.41) is 3.06. The molecule has 1 aromatic rings. The van der Waals surface area contributed by atoms with Gasteiger partial charge in [0.15, 0.2) is 0 Å². The summed E-state index contributed by atoms with van der Waals surface area (Å²) >= 11 is 0. The van der Waals surface area contributed by atoms with E-state index in [1.54, 1.807) is 23.1 Å². The molecule has 0 spiro atoms. The summed E-state index contributed by atoms with van der Waals surface area (Å²) in [5.74, 6) is 0.134. The van der Waals surface area contributed by atoms with Gasteiger partial charge in [0.25, 0.3) is 0 Å². The highest BCUT2D eigenvalue weighted by Crippen LogP contribution is 2.38. The van der Waals surface area contributed by atoms with Gasteiger partial charge in [0.05, 0.1) is 6.54 Å². The van der Waals surface area contributed by atoms with Gasteiger partial charge in [-0.25, -0.2) is 0 Å². The Hall–Kier alpha value is -1.69. The summed E-state index contributed by atoms with van der Waals surface area (Å²) in [5.41, 5.74) is 0.584. The number of benzene rings is 1. The van der Waals surface area contributed by atoms with Crippen LogP contribution in [0.4, 0.5) is 8.78 Å². The number of alkyl halides is 2. The summed E-state index contributed by atoms with van der Waals surface area (Å²) in [6, 6.07) is 6.83. The molecule has 1 aromatic carbocycles. The van der Waals surface area contributed by atoms with Crippen molar-refractivity contribution in [2.45, 2.75) is 31.7 Å². The minimum atomic E-state index is -2.87. The van der Waals surface area contributed by atoms with Gasteiger partial charge in [-0.2, -0.15) is 8.78 Å². The number of rotatable bonds is 4. The van der Waals surface area contributed by atoms with Crippen LogP contribution in [0.25, 0.3) is 0 Å². The number of ether oxygens (including phenoxy) is 1. The normalized spacial score (nSPS) is 23.2. The highest BCUT2D eigenvalue weighted by atomic mass is 19.3. The summed E-state index contributed by atoms with van der Waals surface area (Å²) < 4.78 is 29.3. The zero-order valence-electron chi connectivity index (χ0n) is 10.2. The molecule has 1 N–H and O–H groups in total. The fourth-order valence-corrected chi connectivity index (χ4v) is 2.45. The Morgan fingerprint density at radius 3 is 2.74 bits per heavy atom. The Bertz CT molecular complexity index is 491. The maximum atomic E-state index is 12.4. The van der Waals surface area contributed by atoms with Crippen LogP contribution < -0.4 is 10.1 Å². The highest BCUT2D eigenvalue weighted by molar-refractivity contribution is 5.81. The minimum absolute atomic E-state index is 0.0133. The topological polar surface area (TPSA) is 41.6 Å². The second-order valence-electron chi connectivity index (χ2n) is 4.73. The van der Waals surface area contributed by atoms with Gasteiger partial charge in [0.2, 0.25) is 5.91 Å². The van der Waals surface area contributed by atoms with Gasteiger partial charge in [-0.1, -0.05) is 18.2 Å². The van der Waals surface area contributed by atoms with Crippen molar-refractivity contribution in [2.24, 2.45) is 0 Å². The Kier molecular flexibility index (Phi) is 3.10. The summed E-state index contributed by atoms with van der Waals surface area (Å²) in [6.45, 7) is -2.63. The predicted molar refractivity (Wildman–Crippen MR) is 63.7 cm³/mol. The van der Waals surface area contributed by atoms with E-state index >= 15 is 0 Å². The second-order valence-corrected chi connectivity index (χ2v) is 4.73. The van der Waals surface area contributed by atoms with E-state index < -0.39 is 6.61 Å². The van der Waals surface area contributed by atoms with E-state index in [0.29, 0.717) is 5.56 Å². The van der Waals surface area contributed by atoms with Crippen molar-refractivity contribution in [3.8, 4) is 5.75 Å². The first-order chi connectivity index (χ1) is 9.16. The molecule has 19 heavy (non-hydrogen) atoms. The summed E-state index contributed by atoms with van der Waals surface area (Å²) in [6.07, 6.45) is 1.58. The molecule has 102 valence electrons. The zero-order chi connectivity index (χ0) is 13.4. The molecule has 2 aliphatic rings.